The van der Waals surface area contributed by atoms with Crippen LogP contribution >= 0.6 is 46.6 Å². The lowest BCUT2D eigenvalue weighted by atomic mass is 10.0. The van der Waals surface area contributed by atoms with Crippen molar-refractivity contribution in [2.45, 2.75) is 53.4 Å². The Kier molecular flexibility index (Phi) is 7.29. The van der Waals surface area contributed by atoms with Crippen molar-refractivity contribution in [3.05, 3.63) is 0 Å². The van der Waals surface area contributed by atoms with Gasteiger partial charge in [0.25, 0.3) is 0 Å². The fourth-order valence-corrected chi connectivity index (χ4v) is 3.80. The molecule has 1 fully saturated rings. The molecule has 106 valence electrons. The molecule has 0 bridgehead atoms. The van der Waals surface area contributed by atoms with Gasteiger partial charge in [-0.2, -0.15) is 0 Å². The Bertz CT molecular complexity index is 268. The zero-order chi connectivity index (χ0) is 13.6. The molecule has 0 unspecified atom stereocenters. The molecule has 1 N–H and O–H groups in total. The summed E-state index contributed by atoms with van der Waals surface area (Å²) in [5, 5.41) is 2.46. The predicted octanol–water partition coefficient (Wildman–Crippen LogP) is 4.49. The van der Waals surface area contributed by atoms with Crippen LogP contribution in [0.2, 0.25) is 0 Å². The van der Waals surface area contributed by atoms with Crippen LogP contribution in [0, 0.1) is 0 Å². The summed E-state index contributed by atoms with van der Waals surface area (Å²) in [5.74, 6) is 0. The van der Waals surface area contributed by atoms with Crippen molar-refractivity contribution in [2.75, 3.05) is 6.61 Å². The Hall–Kier alpha value is 0.490. The largest absolute Gasteiger partial charge is 0.450 e. The van der Waals surface area contributed by atoms with E-state index in [1.807, 2.05) is 0 Å². The molecule has 1 aliphatic rings. The minimum absolute atomic E-state index is 0.298. The maximum Gasteiger partial charge on any atom is 0.408 e. The average Bonchev–Trinajstić information content (AvgIpc) is 2.28. The highest BCUT2D eigenvalue weighted by Gasteiger charge is 2.36. The predicted molar refractivity (Wildman–Crippen MR) is 78.7 cm³/mol. The molecule has 7 heteroatoms. The first-order valence-corrected chi connectivity index (χ1v) is 8.16. The van der Waals surface area contributed by atoms with E-state index in [4.69, 9.17) is 39.5 Å². The van der Waals surface area contributed by atoms with Crippen molar-refractivity contribution < 1.29 is 9.53 Å². The van der Waals surface area contributed by atoms with Crippen molar-refractivity contribution >= 4 is 52.7 Å². The van der Waals surface area contributed by atoms with E-state index in [1.165, 1.54) is 31.0 Å². The Morgan fingerprint density at radius 3 is 2.50 bits per heavy atom. The lowest BCUT2D eigenvalue weighted by molar-refractivity contribution is 0.151. The molecular weight excluding hydrogens is 317 g/mol. The second-order valence-electron chi connectivity index (χ2n) is 4.18. The molecule has 0 spiro atoms. The fourth-order valence-electron chi connectivity index (χ4n) is 1.87. The third kappa shape index (κ3) is 6.09. The van der Waals surface area contributed by atoms with E-state index in [0.29, 0.717) is 11.9 Å². The van der Waals surface area contributed by atoms with E-state index in [2.05, 4.69) is 5.32 Å². The molecule has 1 saturated carbocycles. The summed E-state index contributed by atoms with van der Waals surface area (Å²) in [7, 11) is 0. The second kappa shape index (κ2) is 7.93. The third-order valence-corrected chi connectivity index (χ3v) is 5.35. The van der Waals surface area contributed by atoms with Crippen LogP contribution in [-0.4, -0.2) is 27.1 Å². The Labute approximate surface area is 127 Å². The number of nitrogens with one attached hydrogen (secondary N) is 1. The summed E-state index contributed by atoms with van der Waals surface area (Å²) < 4.78 is 3.28. The van der Waals surface area contributed by atoms with E-state index >= 15 is 0 Å². The minimum atomic E-state index is -1.53. The van der Waals surface area contributed by atoms with Gasteiger partial charge in [-0.3, -0.25) is 0 Å². The van der Waals surface area contributed by atoms with Gasteiger partial charge in [0, 0.05) is 5.25 Å². The molecule has 0 saturated heterocycles. The van der Waals surface area contributed by atoms with E-state index in [1.54, 1.807) is 6.92 Å². The fraction of sp³-hybridized carbons (Fsp3) is 0.909. The van der Waals surface area contributed by atoms with Gasteiger partial charge in [0.15, 0.2) is 0 Å². The highest BCUT2D eigenvalue weighted by atomic mass is 35.6. The van der Waals surface area contributed by atoms with Crippen LogP contribution in [-0.2, 0) is 4.74 Å². The Morgan fingerprint density at radius 2 is 2.00 bits per heavy atom. The van der Waals surface area contributed by atoms with Crippen LogP contribution in [0.1, 0.15) is 39.0 Å². The van der Waals surface area contributed by atoms with Crippen molar-refractivity contribution in [1.29, 1.82) is 0 Å². The van der Waals surface area contributed by atoms with Gasteiger partial charge in [-0.15, -0.1) is 11.8 Å². The smallest absolute Gasteiger partial charge is 0.408 e. The molecule has 1 rings (SSSR count). The topological polar surface area (TPSA) is 38.3 Å². The first-order chi connectivity index (χ1) is 8.43. The maximum atomic E-state index is 11.4. The number of hydrogen-bond donors (Lipinski definition) is 1. The summed E-state index contributed by atoms with van der Waals surface area (Å²) >= 11 is 19.2. The van der Waals surface area contributed by atoms with Crippen molar-refractivity contribution in [3.8, 4) is 0 Å². The van der Waals surface area contributed by atoms with E-state index in [9.17, 15) is 4.79 Å². The maximum absolute atomic E-state index is 11.4. The van der Waals surface area contributed by atoms with E-state index in [-0.39, 0.29) is 0 Å². The van der Waals surface area contributed by atoms with Crippen LogP contribution in [0.5, 0.6) is 0 Å². The van der Waals surface area contributed by atoms with Crippen LogP contribution in [0.4, 0.5) is 4.79 Å². The van der Waals surface area contributed by atoms with Gasteiger partial charge in [0.1, 0.15) is 5.37 Å². The number of carbonyl (C=O) groups excluding carboxylic acids is 1. The molecule has 1 aliphatic carbocycles. The van der Waals surface area contributed by atoms with Gasteiger partial charge in [-0.1, -0.05) is 54.1 Å². The first kappa shape index (κ1) is 16.5. The van der Waals surface area contributed by atoms with E-state index in [0.717, 1.165) is 12.8 Å². The van der Waals surface area contributed by atoms with Crippen LogP contribution in [0.15, 0.2) is 0 Å². The number of ether oxygens (including phenoxy) is 1. The first-order valence-electron chi connectivity index (χ1n) is 6.09. The Morgan fingerprint density at radius 1 is 1.39 bits per heavy atom. The number of rotatable bonds is 4. The molecular formula is C11H18Cl3NO2S. The number of amides is 1. The van der Waals surface area contributed by atoms with Gasteiger partial charge in [-0.05, 0) is 19.8 Å². The molecule has 0 radical (unpaired) electrons. The molecule has 0 aliphatic heterocycles. The number of thioether (sulfide) groups is 1. The monoisotopic (exact) mass is 333 g/mol. The lowest BCUT2D eigenvalue weighted by Crippen LogP contribution is -2.43. The average molecular weight is 335 g/mol. The molecule has 0 aromatic rings. The number of alkyl halides is 3. The summed E-state index contributed by atoms with van der Waals surface area (Å²) in [5.41, 5.74) is 0. The zero-order valence-electron chi connectivity index (χ0n) is 10.3. The molecule has 18 heavy (non-hydrogen) atoms. The van der Waals surface area contributed by atoms with Crippen LogP contribution in [0.3, 0.4) is 0 Å². The van der Waals surface area contributed by atoms with Crippen LogP contribution < -0.4 is 5.32 Å². The second-order valence-corrected chi connectivity index (χ2v) is 7.96. The van der Waals surface area contributed by atoms with Crippen molar-refractivity contribution in [2.24, 2.45) is 0 Å². The van der Waals surface area contributed by atoms with Crippen LogP contribution in [0.25, 0.3) is 0 Å². The SMILES string of the molecule is CCOC(=O)N[C@@H](SC1CCCCC1)C(Cl)(Cl)Cl. The number of carbonyl (C=O) groups is 1. The summed E-state index contributed by atoms with van der Waals surface area (Å²) in [4.78, 5) is 11.4. The quantitative estimate of drug-likeness (QED) is 0.608. The summed E-state index contributed by atoms with van der Waals surface area (Å²) in [6.07, 6.45) is 5.32. The number of halogens is 3. The highest BCUT2D eigenvalue weighted by molar-refractivity contribution is 8.00. The summed E-state index contributed by atoms with van der Waals surface area (Å²) in [6, 6.07) is 0. The van der Waals surface area contributed by atoms with Gasteiger partial charge < -0.3 is 10.1 Å². The van der Waals surface area contributed by atoms with Gasteiger partial charge in [0.2, 0.25) is 3.79 Å². The number of hydrogen-bond acceptors (Lipinski definition) is 3. The summed E-state index contributed by atoms with van der Waals surface area (Å²) in [6.45, 7) is 2.03. The molecule has 0 heterocycles. The van der Waals surface area contributed by atoms with Crippen molar-refractivity contribution in [3.63, 3.8) is 0 Å². The van der Waals surface area contributed by atoms with Gasteiger partial charge >= 0.3 is 6.09 Å². The molecule has 1 amide bonds. The standard InChI is InChI=1S/C11H18Cl3NO2S/c1-2-17-10(16)15-9(11(12,13)14)18-8-6-4-3-5-7-8/h8-9H,2-7H2,1H3,(H,15,16)/t9-/m0/s1. The van der Waals surface area contributed by atoms with Gasteiger partial charge in [-0.25, -0.2) is 4.79 Å². The lowest BCUT2D eigenvalue weighted by Gasteiger charge is -2.30. The molecule has 1 atom stereocenters. The van der Waals surface area contributed by atoms with Crippen molar-refractivity contribution in [1.82, 2.24) is 5.32 Å². The zero-order valence-corrected chi connectivity index (χ0v) is 13.3. The molecule has 0 aromatic carbocycles. The highest BCUT2D eigenvalue weighted by Crippen LogP contribution is 2.41. The molecule has 0 aromatic heterocycles. The Balaban J connectivity index is 2.52. The van der Waals surface area contributed by atoms with Gasteiger partial charge in [0.05, 0.1) is 6.61 Å². The minimum Gasteiger partial charge on any atom is -0.450 e. The number of alkyl carbamates (subject to hydrolysis) is 1. The third-order valence-electron chi connectivity index (χ3n) is 2.70. The molecule has 3 nitrogen and oxygen atoms in total. The van der Waals surface area contributed by atoms with E-state index < -0.39 is 15.3 Å². The normalized spacial score (nSPS) is 19.3.